The Morgan fingerprint density at radius 2 is 2.19 bits per heavy atom. The van der Waals surface area contributed by atoms with Crippen molar-refractivity contribution < 1.29 is 5.11 Å². The third-order valence-electron chi connectivity index (χ3n) is 3.12. The van der Waals surface area contributed by atoms with Crippen LogP contribution in [0.15, 0.2) is 18.5 Å². The Labute approximate surface area is 96.5 Å². The number of hydrogen-bond acceptors (Lipinski definition) is 4. The van der Waals surface area contributed by atoms with Crippen molar-refractivity contribution in [2.24, 2.45) is 0 Å². The van der Waals surface area contributed by atoms with Gasteiger partial charge in [-0.05, 0) is 26.1 Å². The smallest absolute Gasteiger partial charge is 0.0703 e. The predicted molar refractivity (Wildman–Crippen MR) is 64.5 cm³/mol. The summed E-state index contributed by atoms with van der Waals surface area (Å²) in [5, 5.41) is 9.31. The third-order valence-corrected chi connectivity index (χ3v) is 3.12. The summed E-state index contributed by atoms with van der Waals surface area (Å²) in [6.07, 6.45) is 4.76. The predicted octanol–water partition coefficient (Wildman–Crippen LogP) is 0.716. The molecule has 0 bridgehead atoms. The van der Waals surface area contributed by atoms with Crippen molar-refractivity contribution >= 4 is 5.69 Å². The standard InChI is InChI=1S/C12H19N3O/c1-14-5-2-6-15(8-7-14)12-9-13-4-3-11(12)10-16/h3-4,9,16H,2,5-8,10H2,1H3. The van der Waals surface area contributed by atoms with E-state index in [9.17, 15) is 5.11 Å². The fraction of sp³-hybridized carbons (Fsp3) is 0.583. The van der Waals surface area contributed by atoms with Crippen LogP contribution in [0.1, 0.15) is 12.0 Å². The lowest BCUT2D eigenvalue weighted by Crippen LogP contribution is -2.29. The molecule has 0 aromatic carbocycles. The van der Waals surface area contributed by atoms with Crippen molar-refractivity contribution in [2.75, 3.05) is 38.1 Å². The molecule has 1 fully saturated rings. The van der Waals surface area contributed by atoms with Gasteiger partial charge in [0.1, 0.15) is 0 Å². The van der Waals surface area contributed by atoms with E-state index in [2.05, 4.69) is 21.8 Å². The maximum absolute atomic E-state index is 9.31. The van der Waals surface area contributed by atoms with Crippen molar-refractivity contribution in [3.63, 3.8) is 0 Å². The van der Waals surface area contributed by atoms with Crippen molar-refractivity contribution in [1.82, 2.24) is 9.88 Å². The number of aliphatic hydroxyl groups excluding tert-OH is 1. The second kappa shape index (κ2) is 5.27. The highest BCUT2D eigenvalue weighted by atomic mass is 16.3. The Bertz CT molecular complexity index is 343. The van der Waals surface area contributed by atoms with Gasteiger partial charge in [0.05, 0.1) is 18.5 Å². The molecule has 0 amide bonds. The first-order chi connectivity index (χ1) is 7.81. The summed E-state index contributed by atoms with van der Waals surface area (Å²) >= 11 is 0. The molecule has 88 valence electrons. The summed E-state index contributed by atoms with van der Waals surface area (Å²) in [5.41, 5.74) is 2.06. The number of nitrogens with zero attached hydrogens (tertiary/aromatic N) is 3. The molecule has 1 N–H and O–H groups in total. The molecule has 1 aliphatic rings. The molecule has 0 unspecified atom stereocenters. The quantitative estimate of drug-likeness (QED) is 0.798. The molecule has 0 aliphatic carbocycles. The maximum atomic E-state index is 9.31. The zero-order chi connectivity index (χ0) is 11.4. The van der Waals surface area contributed by atoms with Crippen LogP contribution in [-0.4, -0.2) is 48.2 Å². The van der Waals surface area contributed by atoms with E-state index in [0.717, 1.165) is 43.9 Å². The van der Waals surface area contributed by atoms with Crippen LogP contribution in [0.2, 0.25) is 0 Å². The van der Waals surface area contributed by atoms with Crippen LogP contribution in [0, 0.1) is 0 Å². The van der Waals surface area contributed by atoms with Crippen LogP contribution in [-0.2, 0) is 6.61 Å². The van der Waals surface area contributed by atoms with Gasteiger partial charge in [-0.15, -0.1) is 0 Å². The van der Waals surface area contributed by atoms with Crippen molar-refractivity contribution in [3.05, 3.63) is 24.0 Å². The van der Waals surface area contributed by atoms with Gasteiger partial charge in [0, 0.05) is 31.4 Å². The molecule has 2 rings (SSSR count). The Hall–Kier alpha value is -1.13. The van der Waals surface area contributed by atoms with Crippen LogP contribution < -0.4 is 4.90 Å². The molecule has 1 aromatic rings. The minimum atomic E-state index is 0.0875. The van der Waals surface area contributed by atoms with E-state index < -0.39 is 0 Å². The first-order valence-corrected chi connectivity index (χ1v) is 5.78. The van der Waals surface area contributed by atoms with Gasteiger partial charge in [-0.1, -0.05) is 0 Å². The zero-order valence-electron chi connectivity index (χ0n) is 9.76. The van der Waals surface area contributed by atoms with Crippen LogP contribution >= 0.6 is 0 Å². The van der Waals surface area contributed by atoms with E-state index in [4.69, 9.17) is 0 Å². The Morgan fingerprint density at radius 3 is 3.00 bits per heavy atom. The molecule has 0 saturated carbocycles. The number of pyridine rings is 1. The molecular weight excluding hydrogens is 202 g/mol. The van der Waals surface area contributed by atoms with Gasteiger partial charge < -0.3 is 14.9 Å². The van der Waals surface area contributed by atoms with Gasteiger partial charge in [-0.3, -0.25) is 4.98 Å². The van der Waals surface area contributed by atoms with Crippen molar-refractivity contribution in [2.45, 2.75) is 13.0 Å². The van der Waals surface area contributed by atoms with E-state index >= 15 is 0 Å². The second-order valence-electron chi connectivity index (χ2n) is 4.31. The monoisotopic (exact) mass is 221 g/mol. The average molecular weight is 221 g/mol. The molecule has 4 heteroatoms. The van der Waals surface area contributed by atoms with E-state index in [-0.39, 0.29) is 6.61 Å². The highest BCUT2D eigenvalue weighted by Crippen LogP contribution is 2.20. The molecular formula is C12H19N3O. The third kappa shape index (κ3) is 2.51. The van der Waals surface area contributed by atoms with Crippen molar-refractivity contribution in [3.8, 4) is 0 Å². The summed E-state index contributed by atoms with van der Waals surface area (Å²) in [4.78, 5) is 8.82. The largest absolute Gasteiger partial charge is 0.392 e. The normalized spacial score (nSPS) is 18.5. The molecule has 1 saturated heterocycles. The summed E-state index contributed by atoms with van der Waals surface area (Å²) < 4.78 is 0. The number of rotatable bonds is 2. The van der Waals surface area contributed by atoms with E-state index in [1.807, 2.05) is 12.3 Å². The van der Waals surface area contributed by atoms with Gasteiger partial charge in [-0.2, -0.15) is 0 Å². The molecule has 0 spiro atoms. The number of hydrogen-bond donors (Lipinski definition) is 1. The lowest BCUT2D eigenvalue weighted by molar-refractivity contribution is 0.282. The number of aliphatic hydroxyl groups is 1. The molecule has 1 aliphatic heterocycles. The fourth-order valence-electron chi connectivity index (χ4n) is 2.12. The highest BCUT2D eigenvalue weighted by Gasteiger charge is 2.14. The number of aromatic nitrogens is 1. The summed E-state index contributed by atoms with van der Waals surface area (Å²) in [6.45, 7) is 4.35. The van der Waals surface area contributed by atoms with Gasteiger partial charge in [0.15, 0.2) is 0 Å². The minimum Gasteiger partial charge on any atom is -0.392 e. The van der Waals surface area contributed by atoms with Gasteiger partial charge in [-0.25, -0.2) is 0 Å². The number of likely N-dealkylation sites (N-methyl/N-ethyl adjacent to an activating group) is 1. The first kappa shape index (κ1) is 11.4. The molecule has 0 atom stereocenters. The average Bonchev–Trinajstić information content (AvgIpc) is 2.54. The van der Waals surface area contributed by atoms with E-state index in [1.54, 1.807) is 6.20 Å². The Balaban J connectivity index is 2.16. The van der Waals surface area contributed by atoms with E-state index in [1.165, 1.54) is 0 Å². The molecule has 4 nitrogen and oxygen atoms in total. The van der Waals surface area contributed by atoms with Crippen LogP contribution in [0.25, 0.3) is 0 Å². The molecule has 0 radical (unpaired) electrons. The fourth-order valence-corrected chi connectivity index (χ4v) is 2.12. The SMILES string of the molecule is CN1CCCN(c2cnccc2CO)CC1. The lowest BCUT2D eigenvalue weighted by Gasteiger charge is -2.24. The lowest BCUT2D eigenvalue weighted by atomic mass is 10.2. The minimum absolute atomic E-state index is 0.0875. The topological polar surface area (TPSA) is 39.6 Å². The zero-order valence-corrected chi connectivity index (χ0v) is 9.76. The first-order valence-electron chi connectivity index (χ1n) is 5.78. The highest BCUT2D eigenvalue weighted by molar-refractivity contribution is 5.51. The molecule has 2 heterocycles. The summed E-state index contributed by atoms with van der Waals surface area (Å²) in [5.74, 6) is 0. The van der Waals surface area contributed by atoms with Gasteiger partial charge in [0.25, 0.3) is 0 Å². The Morgan fingerprint density at radius 1 is 1.31 bits per heavy atom. The Kier molecular flexibility index (Phi) is 3.74. The van der Waals surface area contributed by atoms with E-state index in [0.29, 0.717) is 0 Å². The van der Waals surface area contributed by atoms with Gasteiger partial charge >= 0.3 is 0 Å². The van der Waals surface area contributed by atoms with Crippen molar-refractivity contribution in [1.29, 1.82) is 0 Å². The van der Waals surface area contributed by atoms with Crippen LogP contribution in [0.5, 0.6) is 0 Å². The summed E-state index contributed by atoms with van der Waals surface area (Å²) in [7, 11) is 2.15. The maximum Gasteiger partial charge on any atom is 0.0703 e. The van der Waals surface area contributed by atoms with Crippen LogP contribution in [0.3, 0.4) is 0 Å². The molecule has 16 heavy (non-hydrogen) atoms. The second-order valence-corrected chi connectivity index (χ2v) is 4.31. The number of anilines is 1. The summed E-state index contributed by atoms with van der Waals surface area (Å²) in [6, 6.07) is 1.89. The molecule has 1 aromatic heterocycles. The van der Waals surface area contributed by atoms with Crippen LogP contribution in [0.4, 0.5) is 5.69 Å². The van der Waals surface area contributed by atoms with Gasteiger partial charge in [0.2, 0.25) is 0 Å².